The van der Waals surface area contributed by atoms with E-state index in [1.807, 2.05) is 6.92 Å². The van der Waals surface area contributed by atoms with E-state index in [0.717, 1.165) is 11.3 Å². The summed E-state index contributed by atoms with van der Waals surface area (Å²) in [6, 6.07) is 3.40. The molecule has 9 nitrogen and oxygen atoms in total. The van der Waals surface area contributed by atoms with Crippen LogP contribution in [0.25, 0.3) is 0 Å². The molecule has 3 rings (SSSR count). The third-order valence-electron chi connectivity index (χ3n) is 5.08. The summed E-state index contributed by atoms with van der Waals surface area (Å²) in [5.41, 5.74) is 2.18. The number of aromatic nitrogens is 1. The second-order valence-electron chi connectivity index (χ2n) is 6.81. The van der Waals surface area contributed by atoms with E-state index in [1.54, 1.807) is 24.0 Å². The Balaban J connectivity index is 1.74. The number of aryl methyl sites for hydroxylation is 2. The second-order valence-corrected chi connectivity index (χ2v) is 6.81. The van der Waals surface area contributed by atoms with Crippen LogP contribution < -0.4 is 24.4 Å². The molecule has 0 bridgehead atoms. The molecule has 1 aromatic heterocycles. The lowest BCUT2D eigenvalue weighted by Crippen LogP contribution is -2.32. The van der Waals surface area contributed by atoms with Crippen LogP contribution in [0, 0.1) is 19.8 Å². The minimum absolute atomic E-state index is 0.129. The lowest BCUT2D eigenvalue weighted by atomic mass is 10.1. The number of hydrogen-bond acceptors (Lipinski definition) is 7. The van der Waals surface area contributed by atoms with E-state index in [9.17, 15) is 9.59 Å². The molecule has 1 atom stereocenters. The van der Waals surface area contributed by atoms with Gasteiger partial charge in [0.25, 0.3) is 0 Å². The van der Waals surface area contributed by atoms with Crippen molar-refractivity contribution >= 4 is 17.5 Å². The van der Waals surface area contributed by atoms with E-state index in [2.05, 4.69) is 10.5 Å². The van der Waals surface area contributed by atoms with Gasteiger partial charge in [-0.2, -0.15) is 0 Å². The number of hydrogen-bond donors (Lipinski definition) is 1. The average Bonchev–Trinajstić information content (AvgIpc) is 3.27. The van der Waals surface area contributed by atoms with Crippen molar-refractivity contribution in [3.63, 3.8) is 0 Å². The number of anilines is 1. The molecule has 1 saturated heterocycles. The van der Waals surface area contributed by atoms with Gasteiger partial charge in [-0.05, 0) is 13.8 Å². The van der Waals surface area contributed by atoms with Gasteiger partial charge >= 0.3 is 0 Å². The van der Waals surface area contributed by atoms with E-state index < -0.39 is 5.92 Å². The summed E-state index contributed by atoms with van der Waals surface area (Å²) in [5, 5.41) is 6.76. The normalized spacial score (nSPS) is 16.1. The van der Waals surface area contributed by atoms with Crippen molar-refractivity contribution in [1.82, 2.24) is 10.5 Å². The van der Waals surface area contributed by atoms with Crippen LogP contribution >= 0.6 is 0 Å². The lowest BCUT2D eigenvalue weighted by molar-refractivity contribution is -0.126. The molecule has 1 aromatic carbocycles. The van der Waals surface area contributed by atoms with Crippen molar-refractivity contribution in [2.24, 2.45) is 5.92 Å². The van der Waals surface area contributed by atoms with Crippen molar-refractivity contribution < 1.29 is 28.3 Å². The minimum Gasteiger partial charge on any atom is -0.493 e. The highest BCUT2D eigenvalue weighted by Crippen LogP contribution is 2.42. The van der Waals surface area contributed by atoms with E-state index in [4.69, 9.17) is 18.7 Å². The maximum Gasteiger partial charge on any atom is 0.227 e. The van der Waals surface area contributed by atoms with E-state index in [-0.39, 0.29) is 24.8 Å². The largest absolute Gasteiger partial charge is 0.493 e. The molecule has 0 aliphatic carbocycles. The smallest absolute Gasteiger partial charge is 0.227 e. The maximum atomic E-state index is 12.6. The Labute approximate surface area is 168 Å². The number of benzene rings is 1. The zero-order valence-corrected chi connectivity index (χ0v) is 17.2. The van der Waals surface area contributed by atoms with Crippen LogP contribution in [0.5, 0.6) is 17.2 Å². The Bertz CT molecular complexity index is 878. The molecule has 0 saturated carbocycles. The lowest BCUT2D eigenvalue weighted by Gasteiger charge is -2.20. The predicted molar refractivity (Wildman–Crippen MR) is 104 cm³/mol. The van der Waals surface area contributed by atoms with Crippen molar-refractivity contribution in [1.29, 1.82) is 0 Å². The third kappa shape index (κ3) is 3.98. The van der Waals surface area contributed by atoms with E-state index in [1.165, 1.54) is 21.3 Å². The molecule has 1 N–H and O–H groups in total. The molecule has 156 valence electrons. The van der Waals surface area contributed by atoms with E-state index in [0.29, 0.717) is 35.2 Å². The first-order valence-corrected chi connectivity index (χ1v) is 9.19. The molecular weight excluding hydrogens is 378 g/mol. The summed E-state index contributed by atoms with van der Waals surface area (Å²) < 4.78 is 21.1. The van der Waals surface area contributed by atoms with Crippen LogP contribution in [0.2, 0.25) is 0 Å². The van der Waals surface area contributed by atoms with Crippen molar-refractivity contribution in [3.05, 3.63) is 29.2 Å². The van der Waals surface area contributed by atoms with Crippen LogP contribution in [0.3, 0.4) is 0 Å². The standard InChI is InChI=1S/C20H25N3O6/c1-11-15(12(2)29-22-11)9-21-20(25)13-6-18(24)23(10-13)14-7-16(26-3)19(28-5)17(8-14)27-4/h7-8,13H,6,9-10H2,1-5H3,(H,21,25). The SMILES string of the molecule is COc1cc(N2CC(C(=O)NCc3c(C)noc3C)CC2=O)cc(OC)c1OC. The van der Waals surface area contributed by atoms with Crippen LogP contribution in [-0.4, -0.2) is 44.8 Å². The fourth-order valence-electron chi connectivity index (χ4n) is 3.43. The van der Waals surface area contributed by atoms with Gasteiger partial charge in [0.15, 0.2) is 11.5 Å². The summed E-state index contributed by atoms with van der Waals surface area (Å²) in [6.45, 7) is 4.20. The highest BCUT2D eigenvalue weighted by Gasteiger charge is 2.36. The van der Waals surface area contributed by atoms with Crippen LogP contribution in [0.4, 0.5) is 5.69 Å². The molecule has 0 radical (unpaired) electrons. The molecule has 2 heterocycles. The summed E-state index contributed by atoms with van der Waals surface area (Å²) in [4.78, 5) is 26.8. The molecule has 1 unspecified atom stereocenters. The van der Waals surface area contributed by atoms with Crippen molar-refractivity contribution in [3.8, 4) is 17.2 Å². The number of ether oxygens (including phenoxy) is 3. The quantitative estimate of drug-likeness (QED) is 0.754. The van der Waals surface area contributed by atoms with Gasteiger partial charge in [0, 0.05) is 37.2 Å². The fraction of sp³-hybridized carbons (Fsp3) is 0.450. The molecule has 1 fully saturated rings. The van der Waals surface area contributed by atoms with Crippen LogP contribution in [0.15, 0.2) is 16.7 Å². The first-order valence-electron chi connectivity index (χ1n) is 9.19. The van der Waals surface area contributed by atoms with Gasteiger partial charge in [0.1, 0.15) is 5.76 Å². The summed E-state index contributed by atoms with van der Waals surface area (Å²) in [7, 11) is 4.54. The van der Waals surface area contributed by atoms with Gasteiger partial charge in [0.2, 0.25) is 17.6 Å². The Morgan fingerprint density at radius 2 is 1.86 bits per heavy atom. The molecule has 1 aliphatic rings. The molecule has 0 spiro atoms. The Hall–Kier alpha value is -3.23. The number of methoxy groups -OCH3 is 3. The number of carbonyl (C=O) groups is 2. The monoisotopic (exact) mass is 403 g/mol. The van der Waals surface area contributed by atoms with Gasteiger partial charge in [0.05, 0.1) is 38.6 Å². The molecular formula is C20H25N3O6. The highest BCUT2D eigenvalue weighted by atomic mass is 16.5. The number of rotatable bonds is 7. The molecule has 2 aromatic rings. The molecule has 29 heavy (non-hydrogen) atoms. The number of nitrogens with zero attached hydrogens (tertiary/aromatic N) is 2. The average molecular weight is 403 g/mol. The topological polar surface area (TPSA) is 103 Å². The zero-order valence-electron chi connectivity index (χ0n) is 17.2. The molecule has 9 heteroatoms. The van der Waals surface area contributed by atoms with Crippen LogP contribution in [-0.2, 0) is 16.1 Å². The summed E-state index contributed by atoms with van der Waals surface area (Å²) >= 11 is 0. The Kier molecular flexibility index (Phi) is 5.95. The Morgan fingerprint density at radius 3 is 2.38 bits per heavy atom. The highest BCUT2D eigenvalue weighted by molar-refractivity contribution is 6.00. The van der Waals surface area contributed by atoms with Gasteiger partial charge in [-0.15, -0.1) is 0 Å². The van der Waals surface area contributed by atoms with E-state index >= 15 is 0 Å². The first-order chi connectivity index (χ1) is 13.9. The second kappa shape index (κ2) is 8.42. The van der Waals surface area contributed by atoms with Crippen molar-refractivity contribution in [2.45, 2.75) is 26.8 Å². The van der Waals surface area contributed by atoms with Gasteiger partial charge in [-0.25, -0.2) is 0 Å². The zero-order chi connectivity index (χ0) is 21.1. The van der Waals surface area contributed by atoms with Gasteiger partial charge in [-0.3, -0.25) is 9.59 Å². The third-order valence-corrected chi connectivity index (χ3v) is 5.08. The van der Waals surface area contributed by atoms with Crippen molar-refractivity contribution in [2.75, 3.05) is 32.8 Å². The minimum atomic E-state index is -0.456. The number of amides is 2. The maximum absolute atomic E-state index is 12.6. The molecule has 2 amide bonds. The van der Waals surface area contributed by atoms with Crippen LogP contribution in [0.1, 0.15) is 23.4 Å². The fourth-order valence-corrected chi connectivity index (χ4v) is 3.43. The number of nitrogens with one attached hydrogen (secondary N) is 1. The predicted octanol–water partition coefficient (Wildman–Crippen LogP) is 1.99. The number of carbonyl (C=O) groups excluding carboxylic acids is 2. The molecule has 1 aliphatic heterocycles. The van der Waals surface area contributed by atoms with Gasteiger partial charge < -0.3 is 29.0 Å². The van der Waals surface area contributed by atoms with Gasteiger partial charge in [-0.1, -0.05) is 5.16 Å². The summed E-state index contributed by atoms with van der Waals surface area (Å²) in [6.07, 6.45) is 0.129. The Morgan fingerprint density at radius 1 is 1.21 bits per heavy atom. The summed E-state index contributed by atoms with van der Waals surface area (Å²) in [5.74, 6) is 1.22. The first kappa shape index (κ1) is 20.5.